The lowest BCUT2D eigenvalue weighted by Gasteiger charge is -2.32. The number of hydrogen-bond acceptors (Lipinski definition) is 7. The van der Waals surface area contributed by atoms with Crippen LogP contribution < -0.4 is 4.90 Å². The molecule has 1 aliphatic heterocycles. The minimum atomic E-state index is -0.492. The molecule has 0 fully saturated rings. The zero-order valence-corrected chi connectivity index (χ0v) is 15.9. The van der Waals surface area contributed by atoms with E-state index >= 15 is 0 Å². The van der Waals surface area contributed by atoms with E-state index in [-0.39, 0.29) is 5.91 Å². The van der Waals surface area contributed by atoms with Crippen LogP contribution >= 0.6 is 0 Å². The number of tetrazole rings is 1. The van der Waals surface area contributed by atoms with Crippen LogP contribution in [0, 0.1) is 0 Å². The van der Waals surface area contributed by atoms with Crippen molar-refractivity contribution < 1.29 is 4.79 Å². The number of hydrogen-bond donors (Lipinski definition) is 0. The second-order valence-corrected chi connectivity index (χ2v) is 7.02. The first-order chi connectivity index (χ1) is 13.6. The van der Waals surface area contributed by atoms with Crippen LogP contribution in [0.15, 0.2) is 43.0 Å². The molecule has 2 aromatic heterocycles. The lowest BCUT2D eigenvalue weighted by Crippen LogP contribution is -2.42. The summed E-state index contributed by atoms with van der Waals surface area (Å²) in [7, 11) is 3.93. The molecule has 0 radical (unpaired) electrons. The summed E-state index contributed by atoms with van der Waals surface area (Å²) in [6.45, 7) is 1.08. The summed E-state index contributed by atoms with van der Waals surface area (Å²) in [6.07, 6.45) is 4.31. The summed E-state index contributed by atoms with van der Waals surface area (Å²) in [4.78, 5) is 26.0. The van der Waals surface area contributed by atoms with Crippen molar-refractivity contribution in [3.05, 3.63) is 59.8 Å². The van der Waals surface area contributed by atoms with Crippen molar-refractivity contribution in [2.24, 2.45) is 0 Å². The number of carbonyl (C=O) groups excluding carboxylic acids is 1. The molecule has 4 rings (SSSR count). The third-order valence-corrected chi connectivity index (χ3v) is 4.96. The van der Waals surface area contributed by atoms with Crippen LogP contribution in [0.2, 0.25) is 0 Å². The molecule has 9 nitrogen and oxygen atoms in total. The quantitative estimate of drug-likeness (QED) is 0.651. The van der Waals surface area contributed by atoms with Gasteiger partial charge in [0.05, 0.1) is 12.2 Å². The van der Waals surface area contributed by atoms with Gasteiger partial charge in [-0.15, -0.1) is 5.10 Å². The Morgan fingerprint density at radius 3 is 2.75 bits per heavy atom. The lowest BCUT2D eigenvalue weighted by atomic mass is 10.0. The standard InChI is InChI=1S/C19H22N8O/c1-25(2)18-15-8-9-26(11-16(15)20-12-21-18)19(28)17(27-13-22-23-24-27)10-14-6-4-3-5-7-14/h3-7,12-13,17H,8-11H2,1-2H3/t17-/m1/s1. The van der Waals surface area contributed by atoms with Crippen molar-refractivity contribution in [1.29, 1.82) is 0 Å². The van der Waals surface area contributed by atoms with Gasteiger partial charge in [-0.25, -0.2) is 14.6 Å². The molecule has 0 spiro atoms. The van der Waals surface area contributed by atoms with E-state index in [0.29, 0.717) is 19.5 Å². The minimum absolute atomic E-state index is 0.00758. The van der Waals surface area contributed by atoms with Gasteiger partial charge >= 0.3 is 0 Å². The molecule has 0 aliphatic carbocycles. The van der Waals surface area contributed by atoms with Crippen molar-refractivity contribution in [3.63, 3.8) is 0 Å². The Labute approximate surface area is 163 Å². The predicted octanol–water partition coefficient (Wildman–Crippen LogP) is 0.898. The molecule has 0 bridgehead atoms. The molecule has 0 unspecified atom stereocenters. The number of nitrogens with zero attached hydrogens (tertiary/aromatic N) is 8. The summed E-state index contributed by atoms with van der Waals surface area (Å²) in [5, 5.41) is 11.4. The maximum absolute atomic E-state index is 13.4. The van der Waals surface area contributed by atoms with E-state index in [0.717, 1.165) is 29.1 Å². The van der Waals surface area contributed by atoms with E-state index in [1.54, 1.807) is 6.33 Å². The first-order valence-corrected chi connectivity index (χ1v) is 9.18. The number of fused-ring (bicyclic) bond motifs is 1. The summed E-state index contributed by atoms with van der Waals surface area (Å²) < 4.78 is 1.54. The minimum Gasteiger partial charge on any atom is -0.362 e. The zero-order valence-electron chi connectivity index (χ0n) is 15.9. The number of anilines is 1. The van der Waals surface area contributed by atoms with Crippen molar-refractivity contribution in [1.82, 2.24) is 35.1 Å². The molecule has 1 aromatic carbocycles. The van der Waals surface area contributed by atoms with Crippen molar-refractivity contribution in [2.75, 3.05) is 25.5 Å². The van der Waals surface area contributed by atoms with Crippen molar-refractivity contribution in [2.45, 2.75) is 25.4 Å². The fourth-order valence-corrected chi connectivity index (χ4v) is 3.56. The molecule has 0 saturated heterocycles. The SMILES string of the molecule is CN(C)c1ncnc2c1CCN(C(=O)[C@@H](Cc1ccccc1)n1cnnn1)C2. The number of aromatic nitrogens is 6. The highest BCUT2D eigenvalue weighted by atomic mass is 16.2. The number of benzene rings is 1. The van der Waals surface area contributed by atoms with Crippen LogP contribution in [-0.4, -0.2) is 61.6 Å². The van der Waals surface area contributed by atoms with Crippen LogP contribution in [0.5, 0.6) is 0 Å². The first-order valence-electron chi connectivity index (χ1n) is 9.18. The van der Waals surface area contributed by atoms with Gasteiger partial charge in [0.1, 0.15) is 24.5 Å². The Morgan fingerprint density at radius 2 is 2.04 bits per heavy atom. The van der Waals surface area contributed by atoms with Gasteiger partial charge in [-0.2, -0.15) is 0 Å². The first kappa shape index (κ1) is 18.0. The molecule has 3 aromatic rings. The highest BCUT2D eigenvalue weighted by molar-refractivity contribution is 5.81. The number of amides is 1. The van der Waals surface area contributed by atoms with E-state index in [4.69, 9.17) is 0 Å². The summed E-state index contributed by atoms with van der Waals surface area (Å²) in [5.74, 6) is 0.908. The molecular weight excluding hydrogens is 356 g/mol. The van der Waals surface area contributed by atoms with Gasteiger partial charge in [0.15, 0.2) is 0 Å². The van der Waals surface area contributed by atoms with E-state index in [9.17, 15) is 4.79 Å². The summed E-state index contributed by atoms with van der Waals surface area (Å²) >= 11 is 0. The Bertz CT molecular complexity index is 942. The molecule has 0 N–H and O–H groups in total. The van der Waals surface area contributed by atoms with Gasteiger partial charge in [0, 0.05) is 32.6 Å². The Hall–Kier alpha value is -3.36. The van der Waals surface area contributed by atoms with Gasteiger partial charge in [-0.05, 0) is 22.4 Å². The average molecular weight is 378 g/mol. The van der Waals surface area contributed by atoms with Gasteiger partial charge in [0.2, 0.25) is 5.91 Å². The third kappa shape index (κ3) is 3.55. The largest absolute Gasteiger partial charge is 0.362 e. The van der Waals surface area contributed by atoms with E-state index in [1.165, 1.54) is 11.0 Å². The van der Waals surface area contributed by atoms with Crippen LogP contribution in [0.4, 0.5) is 5.82 Å². The van der Waals surface area contributed by atoms with Gasteiger partial charge in [0.25, 0.3) is 0 Å². The van der Waals surface area contributed by atoms with Gasteiger partial charge in [-0.1, -0.05) is 30.3 Å². The third-order valence-electron chi connectivity index (χ3n) is 4.96. The Morgan fingerprint density at radius 1 is 1.21 bits per heavy atom. The predicted molar refractivity (Wildman–Crippen MR) is 102 cm³/mol. The summed E-state index contributed by atoms with van der Waals surface area (Å²) in [6, 6.07) is 9.41. The smallest absolute Gasteiger partial charge is 0.248 e. The van der Waals surface area contributed by atoms with E-state index in [1.807, 2.05) is 54.2 Å². The van der Waals surface area contributed by atoms with Crippen LogP contribution in [0.3, 0.4) is 0 Å². The fraction of sp³-hybridized carbons (Fsp3) is 0.368. The summed E-state index contributed by atoms with van der Waals surface area (Å²) in [5.41, 5.74) is 3.07. The number of carbonyl (C=O) groups is 1. The van der Waals surface area contributed by atoms with Gasteiger partial charge < -0.3 is 9.80 Å². The van der Waals surface area contributed by atoms with Crippen molar-refractivity contribution in [3.8, 4) is 0 Å². The molecular formula is C19H22N8O. The molecule has 1 atom stereocenters. The van der Waals surface area contributed by atoms with Crippen LogP contribution in [-0.2, 0) is 24.2 Å². The average Bonchev–Trinajstić information content (AvgIpc) is 3.26. The van der Waals surface area contributed by atoms with E-state index in [2.05, 4.69) is 25.5 Å². The second kappa shape index (κ2) is 7.71. The zero-order chi connectivity index (χ0) is 19.5. The van der Waals surface area contributed by atoms with Crippen molar-refractivity contribution >= 4 is 11.7 Å². The molecule has 28 heavy (non-hydrogen) atoms. The maximum atomic E-state index is 13.4. The lowest BCUT2D eigenvalue weighted by molar-refractivity contribution is -0.136. The molecule has 1 aliphatic rings. The number of rotatable bonds is 5. The molecule has 3 heterocycles. The molecule has 1 amide bonds. The highest BCUT2D eigenvalue weighted by Gasteiger charge is 2.31. The van der Waals surface area contributed by atoms with Crippen LogP contribution in [0.1, 0.15) is 22.9 Å². The monoisotopic (exact) mass is 378 g/mol. The topological polar surface area (TPSA) is 92.9 Å². The van der Waals surface area contributed by atoms with E-state index < -0.39 is 6.04 Å². The van der Waals surface area contributed by atoms with Gasteiger partial charge in [-0.3, -0.25) is 4.79 Å². The Kier molecular flexibility index (Phi) is 4.96. The molecule has 0 saturated carbocycles. The molecule has 9 heteroatoms. The normalized spacial score (nSPS) is 14.4. The second-order valence-electron chi connectivity index (χ2n) is 7.02. The Balaban J connectivity index is 1.59. The molecule has 144 valence electrons. The maximum Gasteiger partial charge on any atom is 0.248 e. The van der Waals surface area contributed by atoms with Crippen LogP contribution in [0.25, 0.3) is 0 Å². The fourth-order valence-electron chi connectivity index (χ4n) is 3.56. The highest BCUT2D eigenvalue weighted by Crippen LogP contribution is 2.26.